The summed E-state index contributed by atoms with van der Waals surface area (Å²) in [6, 6.07) is 3.36. The molecule has 2 rings (SSSR count). The Morgan fingerprint density at radius 2 is 2.00 bits per heavy atom. The van der Waals surface area contributed by atoms with Gasteiger partial charge in [0.15, 0.2) is 17.5 Å². The minimum atomic E-state index is -0.986. The summed E-state index contributed by atoms with van der Waals surface area (Å²) < 4.78 is 27.5. The van der Waals surface area contributed by atoms with Gasteiger partial charge in [0.05, 0.1) is 12.2 Å². The zero-order valence-electron chi connectivity index (χ0n) is 12.4. The lowest BCUT2D eigenvalue weighted by Gasteiger charge is -2.12. The topological polar surface area (TPSA) is 72.7 Å². The minimum Gasteiger partial charge on any atom is -0.348 e. The highest BCUT2D eigenvalue weighted by Crippen LogP contribution is 2.13. The van der Waals surface area contributed by atoms with Gasteiger partial charge in [0.1, 0.15) is 0 Å². The molecule has 118 valence electrons. The number of nitrogens with one attached hydrogen (secondary N) is 1. The molecule has 2 aromatic rings. The van der Waals surface area contributed by atoms with Crippen LogP contribution in [0, 0.1) is 17.6 Å². The summed E-state index contributed by atoms with van der Waals surface area (Å²) in [5, 5.41) is 13.8. The number of nitrogens with zero attached hydrogens (tertiary/aromatic N) is 4. The average Bonchev–Trinajstić information content (AvgIpc) is 2.97. The molecule has 8 heteroatoms. The summed E-state index contributed by atoms with van der Waals surface area (Å²) in [7, 11) is 0. The lowest BCUT2D eigenvalue weighted by Crippen LogP contribution is -2.30. The standard InChI is InChI=1S/C14H17F2N5O/c1-3-9(4-2)14(22)17-8-13-18-19-20-21(13)10-5-6-11(15)12(16)7-10/h5-7,9H,3-4,8H2,1-2H3,(H,17,22). The van der Waals surface area contributed by atoms with Crippen LogP contribution in [0.25, 0.3) is 5.69 Å². The number of amides is 1. The molecule has 0 bridgehead atoms. The van der Waals surface area contributed by atoms with Crippen LogP contribution in [0.4, 0.5) is 8.78 Å². The van der Waals surface area contributed by atoms with Gasteiger partial charge in [0, 0.05) is 12.0 Å². The van der Waals surface area contributed by atoms with Crippen LogP contribution < -0.4 is 5.32 Å². The lowest BCUT2D eigenvalue weighted by atomic mass is 10.0. The first-order chi connectivity index (χ1) is 10.6. The maximum Gasteiger partial charge on any atom is 0.223 e. The Kier molecular flexibility index (Phi) is 5.13. The SMILES string of the molecule is CCC(CC)C(=O)NCc1nnnn1-c1ccc(F)c(F)c1. The fourth-order valence-electron chi connectivity index (χ4n) is 2.10. The van der Waals surface area contributed by atoms with Crippen LogP contribution in [-0.2, 0) is 11.3 Å². The summed E-state index contributed by atoms with van der Waals surface area (Å²) in [5.74, 6) is -1.73. The van der Waals surface area contributed by atoms with E-state index < -0.39 is 11.6 Å². The Morgan fingerprint density at radius 3 is 2.64 bits per heavy atom. The van der Waals surface area contributed by atoms with Crippen LogP contribution in [0.5, 0.6) is 0 Å². The average molecular weight is 309 g/mol. The molecule has 0 fully saturated rings. The van der Waals surface area contributed by atoms with E-state index in [1.807, 2.05) is 13.8 Å². The lowest BCUT2D eigenvalue weighted by molar-refractivity contribution is -0.125. The van der Waals surface area contributed by atoms with Crippen LogP contribution in [-0.4, -0.2) is 26.1 Å². The molecule has 0 aliphatic heterocycles. The largest absolute Gasteiger partial charge is 0.348 e. The summed E-state index contributed by atoms with van der Waals surface area (Å²) in [5.41, 5.74) is 0.288. The van der Waals surface area contributed by atoms with E-state index in [1.165, 1.54) is 10.7 Å². The van der Waals surface area contributed by atoms with E-state index in [9.17, 15) is 13.6 Å². The fraction of sp³-hybridized carbons (Fsp3) is 0.429. The van der Waals surface area contributed by atoms with Gasteiger partial charge in [-0.3, -0.25) is 4.79 Å². The number of rotatable bonds is 6. The van der Waals surface area contributed by atoms with E-state index in [2.05, 4.69) is 20.8 Å². The van der Waals surface area contributed by atoms with Crippen molar-refractivity contribution in [1.82, 2.24) is 25.5 Å². The molecule has 0 atom stereocenters. The number of carbonyl (C=O) groups is 1. The van der Waals surface area contributed by atoms with Crippen LogP contribution in [0.3, 0.4) is 0 Å². The van der Waals surface area contributed by atoms with Crippen LogP contribution in [0.1, 0.15) is 32.5 Å². The van der Waals surface area contributed by atoms with Crippen LogP contribution >= 0.6 is 0 Å². The van der Waals surface area contributed by atoms with Crippen molar-refractivity contribution in [3.8, 4) is 5.69 Å². The van der Waals surface area contributed by atoms with Crippen molar-refractivity contribution in [3.63, 3.8) is 0 Å². The second-order valence-corrected chi connectivity index (χ2v) is 4.84. The quantitative estimate of drug-likeness (QED) is 0.885. The Bertz CT molecular complexity index is 654. The Balaban J connectivity index is 2.13. The molecular weight excluding hydrogens is 292 g/mol. The van der Waals surface area contributed by atoms with Crippen molar-refractivity contribution >= 4 is 5.91 Å². The molecule has 0 aliphatic carbocycles. The Morgan fingerprint density at radius 1 is 1.27 bits per heavy atom. The zero-order chi connectivity index (χ0) is 16.1. The molecule has 0 unspecified atom stereocenters. The molecular formula is C14H17F2N5O. The molecule has 0 spiro atoms. The first-order valence-corrected chi connectivity index (χ1v) is 7.07. The van der Waals surface area contributed by atoms with Crippen LogP contribution in [0.15, 0.2) is 18.2 Å². The van der Waals surface area contributed by atoms with Gasteiger partial charge in [-0.05, 0) is 35.4 Å². The van der Waals surface area contributed by atoms with Gasteiger partial charge in [-0.1, -0.05) is 13.8 Å². The number of halogens is 2. The molecule has 0 radical (unpaired) electrons. The van der Waals surface area contributed by atoms with Crippen LogP contribution in [0.2, 0.25) is 0 Å². The summed E-state index contributed by atoms with van der Waals surface area (Å²) in [6.45, 7) is 4.00. The maximum atomic E-state index is 13.3. The fourth-order valence-corrected chi connectivity index (χ4v) is 2.10. The van der Waals surface area contributed by atoms with Crippen molar-refractivity contribution in [2.45, 2.75) is 33.2 Å². The highest BCUT2D eigenvalue weighted by Gasteiger charge is 2.16. The predicted octanol–water partition coefficient (Wildman–Crippen LogP) is 1.99. The van der Waals surface area contributed by atoms with Gasteiger partial charge in [0.2, 0.25) is 5.91 Å². The van der Waals surface area contributed by atoms with Gasteiger partial charge in [-0.25, -0.2) is 8.78 Å². The third-order valence-corrected chi connectivity index (χ3v) is 3.46. The van der Waals surface area contributed by atoms with Gasteiger partial charge >= 0.3 is 0 Å². The molecule has 1 amide bonds. The monoisotopic (exact) mass is 309 g/mol. The predicted molar refractivity (Wildman–Crippen MR) is 75.0 cm³/mol. The molecule has 0 saturated carbocycles. The minimum absolute atomic E-state index is 0.0624. The third-order valence-electron chi connectivity index (χ3n) is 3.46. The first-order valence-electron chi connectivity index (χ1n) is 7.07. The molecule has 0 saturated heterocycles. The van der Waals surface area contributed by atoms with E-state index in [4.69, 9.17) is 0 Å². The van der Waals surface area contributed by atoms with Gasteiger partial charge in [-0.15, -0.1) is 5.10 Å². The van der Waals surface area contributed by atoms with Crippen molar-refractivity contribution in [1.29, 1.82) is 0 Å². The van der Waals surface area contributed by atoms with Crippen molar-refractivity contribution in [2.75, 3.05) is 0 Å². The van der Waals surface area contributed by atoms with E-state index in [1.54, 1.807) is 0 Å². The number of carbonyl (C=O) groups excluding carboxylic acids is 1. The molecule has 1 aromatic heterocycles. The second-order valence-electron chi connectivity index (χ2n) is 4.84. The molecule has 1 aromatic carbocycles. The molecule has 22 heavy (non-hydrogen) atoms. The molecule has 1 heterocycles. The smallest absolute Gasteiger partial charge is 0.223 e. The highest BCUT2D eigenvalue weighted by molar-refractivity contribution is 5.78. The van der Waals surface area contributed by atoms with Crippen molar-refractivity contribution < 1.29 is 13.6 Å². The number of benzene rings is 1. The van der Waals surface area contributed by atoms with Crippen molar-refractivity contribution in [2.24, 2.45) is 5.92 Å². The normalized spacial score (nSPS) is 11.0. The number of tetrazole rings is 1. The van der Waals surface area contributed by atoms with Gasteiger partial charge in [0.25, 0.3) is 0 Å². The third kappa shape index (κ3) is 3.44. The summed E-state index contributed by atoms with van der Waals surface area (Å²) in [4.78, 5) is 11.9. The van der Waals surface area contributed by atoms with Gasteiger partial charge in [-0.2, -0.15) is 4.68 Å². The maximum absolute atomic E-state index is 13.3. The van der Waals surface area contributed by atoms with Gasteiger partial charge < -0.3 is 5.32 Å². The number of hydrogen-bond donors (Lipinski definition) is 1. The molecule has 6 nitrogen and oxygen atoms in total. The first kappa shape index (κ1) is 16.0. The Hall–Kier alpha value is -2.38. The summed E-state index contributed by atoms with van der Waals surface area (Å²) >= 11 is 0. The highest BCUT2D eigenvalue weighted by atomic mass is 19.2. The van der Waals surface area contributed by atoms with E-state index in [-0.39, 0.29) is 24.1 Å². The zero-order valence-corrected chi connectivity index (χ0v) is 12.4. The molecule has 1 N–H and O–H groups in total. The number of aromatic nitrogens is 4. The van der Waals surface area contributed by atoms with E-state index in [0.717, 1.165) is 25.0 Å². The van der Waals surface area contributed by atoms with E-state index >= 15 is 0 Å². The summed E-state index contributed by atoms with van der Waals surface area (Å²) in [6.07, 6.45) is 1.49. The van der Waals surface area contributed by atoms with E-state index in [0.29, 0.717) is 5.82 Å². The second kappa shape index (κ2) is 7.06. The number of hydrogen-bond acceptors (Lipinski definition) is 4. The Labute approximate surface area is 126 Å². The van der Waals surface area contributed by atoms with Crippen molar-refractivity contribution in [3.05, 3.63) is 35.7 Å². The molecule has 0 aliphatic rings.